The van der Waals surface area contributed by atoms with Crippen LogP contribution in [0.2, 0.25) is 0 Å². The quantitative estimate of drug-likeness (QED) is 0.579. The van der Waals surface area contributed by atoms with Crippen LogP contribution in [0.4, 0.5) is 0 Å². The van der Waals surface area contributed by atoms with E-state index in [0.29, 0.717) is 11.5 Å². The zero-order valence-electron chi connectivity index (χ0n) is 17.5. The number of carbonyl (C=O) groups is 2. The number of benzene rings is 1. The summed E-state index contributed by atoms with van der Waals surface area (Å²) in [5, 5.41) is 0. The number of hydrogen-bond acceptors (Lipinski definition) is 4. The van der Waals surface area contributed by atoms with E-state index in [1.165, 1.54) is 5.56 Å². The Bertz CT molecular complexity index is 633. The van der Waals surface area contributed by atoms with E-state index in [-0.39, 0.29) is 17.6 Å². The predicted octanol–water partition coefficient (Wildman–Crippen LogP) is 5.65. The van der Waals surface area contributed by atoms with E-state index in [4.69, 9.17) is 9.47 Å². The number of carbonyl (C=O) groups excluding carboxylic acids is 2. The molecule has 1 unspecified atom stereocenters. The van der Waals surface area contributed by atoms with Gasteiger partial charge in [-0.2, -0.15) is 0 Å². The first kappa shape index (κ1) is 21.5. The van der Waals surface area contributed by atoms with Crippen LogP contribution in [0.15, 0.2) is 24.3 Å². The maximum absolute atomic E-state index is 12.3. The number of rotatable bonds is 7. The first-order chi connectivity index (χ1) is 12.7. The van der Waals surface area contributed by atoms with Gasteiger partial charge in [-0.25, -0.2) is 9.59 Å². The van der Waals surface area contributed by atoms with Gasteiger partial charge in [-0.3, -0.25) is 0 Å². The standard InChI is InChI=1S/C23H34O4/c1-6-19(22(3,4)5)17-10-12-18(13-11-17)21(25)26-16-20(24)27-23(7-2)14-8-9-15-23/h10-13,19H,6-9,14-16H2,1-5H3. The van der Waals surface area contributed by atoms with Crippen LogP contribution in [0.1, 0.15) is 95.0 Å². The molecule has 0 radical (unpaired) electrons. The van der Waals surface area contributed by atoms with Crippen LogP contribution in [0.5, 0.6) is 0 Å². The molecule has 2 rings (SSSR count). The first-order valence-electron chi connectivity index (χ1n) is 10.2. The number of hydrogen-bond donors (Lipinski definition) is 0. The Morgan fingerprint density at radius 3 is 2.15 bits per heavy atom. The molecule has 1 aromatic rings. The lowest BCUT2D eigenvalue weighted by Gasteiger charge is -2.30. The second kappa shape index (κ2) is 8.90. The number of esters is 2. The maximum atomic E-state index is 12.3. The van der Waals surface area contributed by atoms with Crippen molar-refractivity contribution in [2.45, 2.75) is 84.7 Å². The first-order valence-corrected chi connectivity index (χ1v) is 10.2. The Hall–Kier alpha value is -1.84. The fraction of sp³-hybridized carbons (Fsp3) is 0.652. The molecule has 0 bridgehead atoms. The van der Waals surface area contributed by atoms with Gasteiger partial charge >= 0.3 is 11.9 Å². The van der Waals surface area contributed by atoms with Gasteiger partial charge in [0, 0.05) is 0 Å². The molecule has 0 saturated heterocycles. The zero-order valence-corrected chi connectivity index (χ0v) is 17.5. The van der Waals surface area contributed by atoms with Crippen molar-refractivity contribution in [2.75, 3.05) is 6.61 Å². The molecule has 1 aliphatic rings. The topological polar surface area (TPSA) is 52.6 Å². The summed E-state index contributed by atoms with van der Waals surface area (Å²) in [5.41, 5.74) is 1.48. The minimum absolute atomic E-state index is 0.163. The third kappa shape index (κ3) is 5.57. The van der Waals surface area contributed by atoms with Crippen molar-refractivity contribution in [1.82, 2.24) is 0 Å². The zero-order chi connectivity index (χ0) is 20.1. The van der Waals surface area contributed by atoms with E-state index in [1.54, 1.807) is 12.1 Å². The summed E-state index contributed by atoms with van der Waals surface area (Å²) in [5.74, 6) is -0.518. The second-order valence-electron chi connectivity index (χ2n) is 8.74. The fourth-order valence-corrected chi connectivity index (χ4v) is 4.23. The van der Waals surface area contributed by atoms with Gasteiger partial charge in [-0.1, -0.05) is 46.8 Å². The van der Waals surface area contributed by atoms with Crippen LogP contribution in [0.25, 0.3) is 0 Å². The van der Waals surface area contributed by atoms with Crippen molar-refractivity contribution in [3.05, 3.63) is 35.4 Å². The summed E-state index contributed by atoms with van der Waals surface area (Å²) < 4.78 is 10.8. The Kier molecular flexibility index (Phi) is 7.07. The minimum Gasteiger partial charge on any atom is -0.457 e. The molecule has 150 valence electrons. The van der Waals surface area contributed by atoms with Gasteiger partial charge in [0.05, 0.1) is 5.56 Å². The molecule has 1 atom stereocenters. The molecule has 1 aliphatic carbocycles. The van der Waals surface area contributed by atoms with Gasteiger partial charge < -0.3 is 9.47 Å². The lowest BCUT2D eigenvalue weighted by molar-refractivity contribution is -0.163. The summed E-state index contributed by atoms with van der Waals surface area (Å²) >= 11 is 0. The molecule has 0 aliphatic heterocycles. The third-order valence-electron chi connectivity index (χ3n) is 5.81. The Labute approximate surface area is 163 Å². The Morgan fingerprint density at radius 2 is 1.67 bits per heavy atom. The van der Waals surface area contributed by atoms with Crippen LogP contribution in [-0.2, 0) is 14.3 Å². The molecule has 0 N–H and O–H groups in total. The third-order valence-corrected chi connectivity index (χ3v) is 5.81. The van der Waals surface area contributed by atoms with Crippen molar-refractivity contribution < 1.29 is 19.1 Å². The van der Waals surface area contributed by atoms with Gasteiger partial charge in [-0.15, -0.1) is 0 Å². The molecule has 1 aromatic carbocycles. The summed E-state index contributed by atoms with van der Waals surface area (Å²) in [4.78, 5) is 24.3. The summed E-state index contributed by atoms with van der Waals surface area (Å²) in [6.07, 6.45) is 5.81. The highest BCUT2D eigenvalue weighted by atomic mass is 16.6. The lowest BCUT2D eigenvalue weighted by Crippen LogP contribution is -2.33. The highest BCUT2D eigenvalue weighted by Gasteiger charge is 2.36. The molecule has 1 fully saturated rings. The second-order valence-corrected chi connectivity index (χ2v) is 8.74. The van der Waals surface area contributed by atoms with E-state index in [0.717, 1.165) is 38.5 Å². The Morgan fingerprint density at radius 1 is 1.07 bits per heavy atom. The maximum Gasteiger partial charge on any atom is 0.344 e. The van der Waals surface area contributed by atoms with E-state index in [1.807, 2.05) is 19.1 Å². The van der Waals surface area contributed by atoms with Gasteiger partial charge in [-0.05, 0) is 67.6 Å². The smallest absolute Gasteiger partial charge is 0.344 e. The van der Waals surface area contributed by atoms with E-state index in [9.17, 15) is 9.59 Å². The molecule has 0 amide bonds. The van der Waals surface area contributed by atoms with Crippen molar-refractivity contribution >= 4 is 11.9 Å². The monoisotopic (exact) mass is 374 g/mol. The van der Waals surface area contributed by atoms with Gasteiger partial charge in [0.1, 0.15) is 5.60 Å². The highest BCUT2D eigenvalue weighted by molar-refractivity contribution is 5.90. The molecule has 4 heteroatoms. The summed E-state index contributed by atoms with van der Waals surface area (Å²) in [6.45, 7) is 10.6. The van der Waals surface area contributed by atoms with E-state index < -0.39 is 11.9 Å². The fourth-order valence-electron chi connectivity index (χ4n) is 4.23. The normalized spacial score (nSPS) is 17.4. The van der Waals surface area contributed by atoms with Crippen LogP contribution < -0.4 is 0 Å². The molecule has 27 heavy (non-hydrogen) atoms. The van der Waals surface area contributed by atoms with Gasteiger partial charge in [0.25, 0.3) is 0 Å². The molecular weight excluding hydrogens is 340 g/mol. The van der Waals surface area contributed by atoms with Crippen molar-refractivity contribution in [3.63, 3.8) is 0 Å². The van der Waals surface area contributed by atoms with E-state index >= 15 is 0 Å². The predicted molar refractivity (Wildman–Crippen MR) is 107 cm³/mol. The molecule has 0 spiro atoms. The molecule has 0 heterocycles. The van der Waals surface area contributed by atoms with Crippen LogP contribution in [0, 0.1) is 5.41 Å². The van der Waals surface area contributed by atoms with Crippen LogP contribution >= 0.6 is 0 Å². The molecule has 0 aromatic heterocycles. The minimum atomic E-state index is -0.487. The summed E-state index contributed by atoms with van der Waals surface area (Å²) in [7, 11) is 0. The average molecular weight is 375 g/mol. The highest BCUT2D eigenvalue weighted by Crippen LogP contribution is 2.38. The lowest BCUT2D eigenvalue weighted by atomic mass is 9.75. The average Bonchev–Trinajstić information content (AvgIpc) is 3.08. The van der Waals surface area contributed by atoms with Crippen molar-refractivity contribution in [1.29, 1.82) is 0 Å². The largest absolute Gasteiger partial charge is 0.457 e. The van der Waals surface area contributed by atoms with Crippen molar-refractivity contribution in [2.24, 2.45) is 5.41 Å². The molecular formula is C23H34O4. The molecule has 1 saturated carbocycles. The van der Waals surface area contributed by atoms with Crippen LogP contribution in [-0.4, -0.2) is 24.1 Å². The van der Waals surface area contributed by atoms with Gasteiger partial charge in [0.15, 0.2) is 6.61 Å². The SMILES string of the molecule is CCC(c1ccc(C(=O)OCC(=O)OC2(CC)CCCC2)cc1)C(C)(C)C. The van der Waals surface area contributed by atoms with E-state index in [2.05, 4.69) is 27.7 Å². The summed E-state index contributed by atoms with van der Waals surface area (Å²) in [6, 6.07) is 7.53. The number of ether oxygens (including phenoxy) is 2. The van der Waals surface area contributed by atoms with Crippen LogP contribution in [0.3, 0.4) is 0 Å². The van der Waals surface area contributed by atoms with Crippen molar-refractivity contribution in [3.8, 4) is 0 Å². The van der Waals surface area contributed by atoms with Gasteiger partial charge in [0.2, 0.25) is 0 Å². The molecule has 4 nitrogen and oxygen atoms in total. The Balaban J connectivity index is 1.91.